The first-order chi connectivity index (χ1) is 59.2. The zero-order chi connectivity index (χ0) is 93.3. The molecule has 3 aliphatic rings. The van der Waals surface area contributed by atoms with E-state index < -0.39 is 195 Å². The highest BCUT2D eigenvalue weighted by molar-refractivity contribution is 5.83. The van der Waals surface area contributed by atoms with Crippen molar-refractivity contribution in [2.75, 3.05) is 78.9 Å². The Balaban J connectivity index is 1.85. The van der Waals surface area contributed by atoms with Gasteiger partial charge in [0.1, 0.15) is 73.9 Å². The van der Waals surface area contributed by atoms with Crippen LogP contribution in [0.3, 0.4) is 0 Å². The van der Waals surface area contributed by atoms with Crippen molar-refractivity contribution in [3.63, 3.8) is 0 Å². The van der Waals surface area contributed by atoms with Crippen LogP contribution >= 0.6 is 0 Å². The normalized spacial score (nSPS) is 22.1. The predicted octanol–water partition coefficient (Wildman–Crippen LogP) is 2.57. The van der Waals surface area contributed by atoms with Gasteiger partial charge in [-0.05, 0) is 83.5 Å². The molecule has 7 unspecified atom stereocenters. The summed E-state index contributed by atoms with van der Waals surface area (Å²) >= 11 is 0. The molecule has 42 nitrogen and oxygen atoms in total. The van der Waals surface area contributed by atoms with Gasteiger partial charge in [-0.15, -0.1) is 0 Å². The Labute approximate surface area is 728 Å². The number of carbonyl (C=O) groups is 19. The molecule has 0 radical (unpaired) electrons. The summed E-state index contributed by atoms with van der Waals surface area (Å²) in [6, 6.07) is -3.65. The highest BCUT2D eigenvalue weighted by Crippen LogP contribution is 2.32. The molecule has 0 aromatic carbocycles. The topological polar surface area (TPSA) is 539 Å². The molecule has 0 saturated carbocycles. The van der Waals surface area contributed by atoms with Crippen molar-refractivity contribution in [1.29, 1.82) is 0 Å². The molecule has 0 spiro atoms. The van der Waals surface area contributed by atoms with Crippen LogP contribution in [0, 0.1) is 0 Å². The zero-order valence-electron chi connectivity index (χ0n) is 74.5. The van der Waals surface area contributed by atoms with Gasteiger partial charge in [0.15, 0.2) is 55.5 Å². The molecule has 0 aliphatic carbocycles. The fourth-order valence-corrected chi connectivity index (χ4v) is 13.7. The maximum atomic E-state index is 14.5. The van der Waals surface area contributed by atoms with E-state index in [0.717, 1.165) is 62.3 Å². The van der Waals surface area contributed by atoms with E-state index in [-0.39, 0.29) is 197 Å². The minimum absolute atomic E-state index is 0.00699. The molecule has 3 fully saturated rings. The quantitative estimate of drug-likeness (QED) is 0.0332. The lowest BCUT2D eigenvalue weighted by atomic mass is 9.96. The fraction of sp³-hybridized carbons (Fsp3) is 0.771. The number of nitrogens with zero attached hydrogens (tertiary/aromatic N) is 2. The van der Waals surface area contributed by atoms with E-state index in [4.69, 9.17) is 75.8 Å². The first kappa shape index (κ1) is 109. The molecule has 3 saturated heterocycles. The molecule has 0 aromatic rings. The monoisotopic (exact) mass is 1790 g/mol. The summed E-state index contributed by atoms with van der Waals surface area (Å²) in [5, 5.41) is 13.5. The fourth-order valence-electron chi connectivity index (χ4n) is 13.7. The minimum atomic E-state index is -1.38. The SMILES string of the molecule is CCC(=O)CCC(=O)OC(CC)CNC(=O)CCCCC(=O)N(CCCNC(=O)CCCCO[C@@H]1OC(COC(C)=O)[C@H](OC(C)=O)[C@H](OC(C)=O)C1NC(C)=O)CCCN(CCCCC(=O)CCCCO[C@@H]1OC(COC(C)=O)[C@H](OC(C)=O)[C@H](OC(C)=O)C1NC(C)=O)C(=O)CCCCO[C@@H]1OC(COC(C)=O)[C@H](OC(C)=O)[C@H](OC(C)=O)C1NC(C)=O. The van der Waals surface area contributed by atoms with Crippen molar-refractivity contribution in [3.05, 3.63) is 0 Å². The summed E-state index contributed by atoms with van der Waals surface area (Å²) in [4.78, 5) is 243. The summed E-state index contributed by atoms with van der Waals surface area (Å²) in [6.07, 6.45) is -12.1. The summed E-state index contributed by atoms with van der Waals surface area (Å²) in [5.41, 5.74) is 0. The molecule has 16 atom stereocenters. The molecular formula is C83H131N7O35. The lowest BCUT2D eigenvalue weighted by Crippen LogP contribution is -2.66. The molecule has 42 heteroatoms. The van der Waals surface area contributed by atoms with E-state index in [1.54, 1.807) is 23.6 Å². The Kier molecular flexibility index (Phi) is 52.4. The van der Waals surface area contributed by atoms with E-state index in [1.165, 1.54) is 20.8 Å². The van der Waals surface area contributed by atoms with Gasteiger partial charge in [0.05, 0.1) is 13.0 Å². The second-order valence-corrected chi connectivity index (χ2v) is 30.4. The summed E-state index contributed by atoms with van der Waals surface area (Å²) in [6.45, 7) is 16.3. The van der Waals surface area contributed by atoms with Crippen molar-refractivity contribution < 1.29 is 167 Å². The van der Waals surface area contributed by atoms with Gasteiger partial charge in [-0.2, -0.15) is 0 Å². The second-order valence-electron chi connectivity index (χ2n) is 30.4. The Bertz CT molecular complexity index is 3550. The molecule has 0 bridgehead atoms. The first-order valence-corrected chi connectivity index (χ1v) is 42.6. The lowest BCUT2D eigenvalue weighted by Gasteiger charge is -2.44. The van der Waals surface area contributed by atoms with Gasteiger partial charge >= 0.3 is 59.7 Å². The van der Waals surface area contributed by atoms with Gasteiger partial charge in [0.2, 0.25) is 41.4 Å². The van der Waals surface area contributed by atoms with Crippen LogP contribution in [-0.4, -0.2) is 299 Å². The predicted molar refractivity (Wildman–Crippen MR) is 432 cm³/mol. The standard InChI is InChI=1S/C83H131N7O35/c1-15-61(103)35-36-71(109)122-63(16-2)45-85-68(106)31-17-18-33-69(107)90(39-27-37-84-67(105)32-21-25-43-111-82-73(87-50(4)92)79(120-59(13)101)76(117-56(10)98)65(124-82)47-114-53(7)95)41-28-40-89(70(108)34-22-26-44-112-83-74(88-51(5)93)80(121-60(14)102)77(118-57(11)99)66(125-83)48-115-54(8)96)38-23-19-29-62(104)30-20-24-42-110-81-72(86-49(3)91)78(119-58(12)100)75(116-55(9)97)64(123-81)46-113-52(6)94/h63-66,72-83H,15-48H2,1-14H3,(H,84,105)(H,85,106)(H,86,91)(H,87,92)(H,88,93)/t63?,64?,65?,66?,72?,73?,74?,75-,76-,77-,78+,79+,80+,81+,82+,83+/m0/s1. The van der Waals surface area contributed by atoms with Crippen LogP contribution in [0.5, 0.6) is 0 Å². The van der Waals surface area contributed by atoms with Crippen LogP contribution in [0.15, 0.2) is 0 Å². The Morgan fingerprint density at radius 1 is 0.328 bits per heavy atom. The van der Waals surface area contributed by atoms with Crippen LogP contribution in [0.4, 0.5) is 0 Å². The Morgan fingerprint density at radius 3 is 1.00 bits per heavy atom. The molecule has 3 rings (SSSR count). The number of amides is 7. The van der Waals surface area contributed by atoms with Gasteiger partial charge in [-0.25, -0.2) is 0 Å². The third kappa shape index (κ3) is 45.2. The number of ether oxygens (including phenoxy) is 16. The van der Waals surface area contributed by atoms with Gasteiger partial charge in [0, 0.05) is 187 Å². The maximum Gasteiger partial charge on any atom is 0.306 e. The lowest BCUT2D eigenvalue weighted by molar-refractivity contribution is -0.277. The number of ketones is 2. The Morgan fingerprint density at radius 2 is 0.648 bits per heavy atom. The molecule has 3 heterocycles. The van der Waals surface area contributed by atoms with Crippen LogP contribution in [0.1, 0.15) is 238 Å². The van der Waals surface area contributed by atoms with Crippen molar-refractivity contribution in [2.24, 2.45) is 0 Å². The molecular weight excluding hydrogens is 1650 g/mol. The van der Waals surface area contributed by atoms with Crippen LogP contribution < -0.4 is 26.6 Å². The van der Waals surface area contributed by atoms with Gasteiger partial charge in [-0.1, -0.05) is 13.8 Å². The molecule has 0 aromatic heterocycles. The molecule has 3 aliphatic heterocycles. The van der Waals surface area contributed by atoms with E-state index in [9.17, 15) is 91.1 Å². The average Bonchev–Trinajstić information content (AvgIpc) is 0.796. The van der Waals surface area contributed by atoms with Crippen LogP contribution in [-0.2, 0) is 167 Å². The van der Waals surface area contributed by atoms with Crippen molar-refractivity contribution in [1.82, 2.24) is 36.4 Å². The maximum absolute atomic E-state index is 14.5. The third-order valence-electron chi connectivity index (χ3n) is 19.4. The second kappa shape index (κ2) is 59.9. The smallest absolute Gasteiger partial charge is 0.306 e. The number of rotatable bonds is 59. The minimum Gasteiger partial charge on any atom is -0.463 e. The van der Waals surface area contributed by atoms with Crippen LogP contribution in [0.25, 0.3) is 0 Å². The number of hydrogen-bond acceptors (Lipinski definition) is 35. The highest BCUT2D eigenvalue weighted by Gasteiger charge is 2.54. The van der Waals surface area contributed by atoms with E-state index >= 15 is 0 Å². The Hall–Kier alpha value is -9.91. The molecule has 5 N–H and O–H groups in total. The third-order valence-corrected chi connectivity index (χ3v) is 19.4. The van der Waals surface area contributed by atoms with Crippen molar-refractivity contribution >= 4 is 113 Å². The summed E-state index contributed by atoms with van der Waals surface area (Å²) in [7, 11) is 0. The number of unbranched alkanes of at least 4 members (excludes halogenated alkanes) is 5. The molecule has 708 valence electrons. The summed E-state index contributed by atoms with van der Waals surface area (Å²) in [5.74, 6) is -10.6. The van der Waals surface area contributed by atoms with Gasteiger partial charge in [0.25, 0.3) is 0 Å². The highest BCUT2D eigenvalue weighted by atomic mass is 16.7. The first-order valence-electron chi connectivity index (χ1n) is 42.6. The summed E-state index contributed by atoms with van der Waals surface area (Å²) < 4.78 is 90.6. The van der Waals surface area contributed by atoms with E-state index in [2.05, 4.69) is 26.6 Å². The number of carbonyl (C=O) groups excluding carboxylic acids is 19. The van der Waals surface area contributed by atoms with Crippen molar-refractivity contribution in [2.45, 2.75) is 336 Å². The van der Waals surface area contributed by atoms with Crippen molar-refractivity contribution in [3.8, 4) is 0 Å². The number of nitrogens with one attached hydrogen (secondary N) is 5. The van der Waals surface area contributed by atoms with E-state index in [0.29, 0.717) is 38.5 Å². The number of esters is 10. The molecule has 125 heavy (non-hydrogen) atoms. The largest absolute Gasteiger partial charge is 0.463 e. The molecule has 7 amide bonds. The average molecular weight is 1790 g/mol. The van der Waals surface area contributed by atoms with E-state index in [1.807, 2.05) is 0 Å². The zero-order valence-corrected chi connectivity index (χ0v) is 74.5. The van der Waals surface area contributed by atoms with Crippen LogP contribution in [0.2, 0.25) is 0 Å². The van der Waals surface area contributed by atoms with Gasteiger partial charge < -0.3 is 112 Å². The van der Waals surface area contributed by atoms with Gasteiger partial charge in [-0.3, -0.25) is 91.1 Å². The number of hydrogen-bond donors (Lipinski definition) is 5. The number of Topliss-reactive ketones (excluding diaryl/α,β-unsaturated/α-hetero) is 2.